The molecule has 1 N–H and O–H groups in total. The number of anilines is 1. The fourth-order valence-corrected chi connectivity index (χ4v) is 4.77. The largest absolute Gasteiger partial charge is 0.366 e. The third-order valence-electron chi connectivity index (χ3n) is 5.31. The van der Waals surface area contributed by atoms with Gasteiger partial charge >= 0.3 is 0 Å². The van der Waals surface area contributed by atoms with Crippen LogP contribution in [0.2, 0.25) is 0 Å². The molecule has 0 spiro atoms. The second-order valence-electron chi connectivity index (χ2n) is 6.80. The molecule has 0 aliphatic carbocycles. The molecule has 0 bridgehead atoms. The number of hydrogen-bond acceptors (Lipinski definition) is 6. The Morgan fingerprint density at radius 2 is 2.00 bits per heavy atom. The number of benzene rings is 1. The molecule has 0 saturated carbocycles. The Morgan fingerprint density at radius 1 is 1.26 bits per heavy atom. The van der Waals surface area contributed by atoms with Crippen molar-refractivity contribution in [2.75, 3.05) is 42.7 Å². The van der Waals surface area contributed by atoms with Crippen molar-refractivity contribution in [3.8, 4) is 6.07 Å². The van der Waals surface area contributed by atoms with Crippen LogP contribution in [-0.2, 0) is 11.8 Å². The first-order valence-electron chi connectivity index (χ1n) is 8.98. The fourth-order valence-electron chi connectivity index (χ4n) is 3.83. The van der Waals surface area contributed by atoms with Crippen LogP contribution in [0.25, 0.3) is 10.9 Å². The lowest BCUT2D eigenvalue weighted by molar-refractivity contribution is -0.132. The lowest BCUT2D eigenvalue weighted by Gasteiger charge is -2.37. The highest BCUT2D eigenvalue weighted by Gasteiger charge is 2.31. The number of fused-ring (bicyclic) bond motifs is 1. The van der Waals surface area contributed by atoms with Gasteiger partial charge in [0.25, 0.3) is 5.56 Å². The highest BCUT2D eigenvalue weighted by atomic mass is 32.2. The highest BCUT2D eigenvalue weighted by Crippen LogP contribution is 2.29. The molecule has 1 atom stereocenters. The summed E-state index contributed by atoms with van der Waals surface area (Å²) in [6, 6.07) is 9.66. The second kappa shape index (κ2) is 7.25. The number of para-hydroxylation sites is 1. The number of nitrogens with one attached hydrogen (secondary N) is 1. The molecular weight excluding hydrogens is 362 g/mol. The van der Waals surface area contributed by atoms with Crippen LogP contribution in [0, 0.1) is 11.3 Å². The van der Waals surface area contributed by atoms with E-state index < -0.39 is 0 Å². The van der Waals surface area contributed by atoms with Gasteiger partial charge in [-0.05, 0) is 6.07 Å². The summed E-state index contributed by atoms with van der Waals surface area (Å²) in [6.45, 7) is 2.40. The smallest absolute Gasteiger partial charge is 0.270 e. The van der Waals surface area contributed by atoms with E-state index in [4.69, 9.17) is 0 Å². The molecule has 27 heavy (non-hydrogen) atoms. The normalized spacial score (nSPS) is 20.1. The molecule has 1 amide bonds. The van der Waals surface area contributed by atoms with Crippen LogP contribution < -0.4 is 15.8 Å². The Balaban J connectivity index is 1.64. The first kappa shape index (κ1) is 17.9. The van der Waals surface area contributed by atoms with Gasteiger partial charge in [-0.15, -0.1) is 11.8 Å². The number of carbonyl (C=O) groups is 1. The number of aromatic nitrogens is 1. The zero-order valence-electron chi connectivity index (χ0n) is 15.1. The van der Waals surface area contributed by atoms with Crippen molar-refractivity contribution in [1.29, 1.82) is 5.26 Å². The molecule has 0 radical (unpaired) electrons. The van der Waals surface area contributed by atoms with Crippen molar-refractivity contribution >= 4 is 34.3 Å². The van der Waals surface area contributed by atoms with Gasteiger partial charge in [0, 0.05) is 50.2 Å². The molecule has 3 heterocycles. The third-order valence-corrected chi connectivity index (χ3v) is 6.25. The molecule has 2 aromatic rings. The number of pyridine rings is 1. The van der Waals surface area contributed by atoms with E-state index in [-0.39, 0.29) is 23.1 Å². The third kappa shape index (κ3) is 3.07. The quantitative estimate of drug-likeness (QED) is 0.823. The maximum atomic E-state index is 12.7. The van der Waals surface area contributed by atoms with E-state index in [0.29, 0.717) is 31.9 Å². The minimum atomic E-state index is -0.281. The number of amides is 1. The van der Waals surface area contributed by atoms with Crippen molar-refractivity contribution < 1.29 is 4.79 Å². The van der Waals surface area contributed by atoms with Crippen LogP contribution >= 0.6 is 11.8 Å². The standard InChI is InChI=1S/C19H21N5O2S/c1-22-16-5-3-2-4-13(16)17(14(10-20)18(22)25)23-6-8-24(9-7-23)19(26)15-11-27-12-21-15/h2-5,15,21H,6-9,11-12H2,1H3. The maximum absolute atomic E-state index is 12.7. The van der Waals surface area contributed by atoms with Crippen LogP contribution in [0.5, 0.6) is 0 Å². The van der Waals surface area contributed by atoms with E-state index in [1.54, 1.807) is 18.8 Å². The molecular formula is C19H21N5O2S. The Morgan fingerprint density at radius 3 is 2.67 bits per heavy atom. The summed E-state index contributed by atoms with van der Waals surface area (Å²) >= 11 is 1.74. The van der Waals surface area contributed by atoms with Gasteiger partial charge in [-0.25, -0.2) is 0 Å². The summed E-state index contributed by atoms with van der Waals surface area (Å²) in [5.74, 6) is 1.78. The number of nitriles is 1. The number of piperazine rings is 1. The van der Waals surface area contributed by atoms with E-state index in [1.807, 2.05) is 29.2 Å². The molecule has 1 aromatic carbocycles. The number of thioether (sulfide) groups is 1. The summed E-state index contributed by atoms with van der Waals surface area (Å²) in [6.07, 6.45) is 0. The van der Waals surface area contributed by atoms with E-state index in [9.17, 15) is 14.9 Å². The van der Waals surface area contributed by atoms with Gasteiger partial charge in [-0.3, -0.25) is 14.9 Å². The van der Waals surface area contributed by atoms with E-state index in [1.165, 1.54) is 4.57 Å². The van der Waals surface area contributed by atoms with Gasteiger partial charge in [-0.1, -0.05) is 18.2 Å². The lowest BCUT2D eigenvalue weighted by atomic mass is 10.1. The van der Waals surface area contributed by atoms with Gasteiger partial charge < -0.3 is 14.4 Å². The van der Waals surface area contributed by atoms with Crippen molar-refractivity contribution in [2.24, 2.45) is 7.05 Å². The van der Waals surface area contributed by atoms with E-state index in [2.05, 4.69) is 16.3 Å². The monoisotopic (exact) mass is 383 g/mol. The summed E-state index contributed by atoms with van der Waals surface area (Å²) in [7, 11) is 1.69. The average Bonchev–Trinajstić information content (AvgIpc) is 3.25. The van der Waals surface area contributed by atoms with Crippen LogP contribution in [0.1, 0.15) is 5.56 Å². The first-order valence-corrected chi connectivity index (χ1v) is 10.1. The Labute approximate surface area is 161 Å². The van der Waals surface area contributed by atoms with Crippen LogP contribution in [0.15, 0.2) is 29.1 Å². The van der Waals surface area contributed by atoms with E-state index >= 15 is 0 Å². The molecule has 7 nitrogen and oxygen atoms in total. The first-order chi connectivity index (χ1) is 13.1. The number of rotatable bonds is 2. The maximum Gasteiger partial charge on any atom is 0.270 e. The second-order valence-corrected chi connectivity index (χ2v) is 7.83. The summed E-state index contributed by atoms with van der Waals surface area (Å²) in [5.41, 5.74) is 1.39. The van der Waals surface area contributed by atoms with Crippen molar-refractivity contribution in [3.05, 3.63) is 40.2 Å². The average molecular weight is 383 g/mol. The Hall–Kier alpha value is -2.50. The number of nitrogens with zero attached hydrogens (tertiary/aromatic N) is 4. The molecule has 2 fully saturated rings. The molecule has 4 rings (SSSR count). The molecule has 2 aliphatic heterocycles. The number of hydrogen-bond donors (Lipinski definition) is 1. The molecule has 2 aliphatic rings. The summed E-state index contributed by atoms with van der Waals surface area (Å²) in [5, 5.41) is 13.7. The predicted molar refractivity (Wildman–Crippen MR) is 107 cm³/mol. The van der Waals surface area contributed by atoms with Gasteiger partial charge in [-0.2, -0.15) is 5.26 Å². The SMILES string of the molecule is Cn1c(=O)c(C#N)c(N2CCN(C(=O)C3CSCN3)CC2)c2ccccc21. The van der Waals surface area contributed by atoms with Gasteiger partial charge in [0.2, 0.25) is 5.91 Å². The van der Waals surface area contributed by atoms with Crippen molar-refractivity contribution in [3.63, 3.8) is 0 Å². The van der Waals surface area contributed by atoms with Crippen molar-refractivity contribution in [1.82, 2.24) is 14.8 Å². The fraction of sp³-hybridized carbons (Fsp3) is 0.421. The van der Waals surface area contributed by atoms with Gasteiger partial charge in [0.1, 0.15) is 11.6 Å². The lowest BCUT2D eigenvalue weighted by Crippen LogP contribution is -2.54. The van der Waals surface area contributed by atoms with Crippen LogP contribution in [0.3, 0.4) is 0 Å². The molecule has 1 aromatic heterocycles. The minimum absolute atomic E-state index is 0.0962. The van der Waals surface area contributed by atoms with Gasteiger partial charge in [0.15, 0.2) is 0 Å². The summed E-state index contributed by atoms with van der Waals surface area (Å²) < 4.78 is 1.53. The highest BCUT2D eigenvalue weighted by molar-refractivity contribution is 7.99. The van der Waals surface area contributed by atoms with Crippen LogP contribution in [-0.4, -0.2) is 59.2 Å². The predicted octanol–water partition coefficient (Wildman–Crippen LogP) is 0.721. The molecule has 1 unspecified atom stereocenters. The van der Waals surface area contributed by atoms with Gasteiger partial charge in [0.05, 0.1) is 17.2 Å². The molecule has 2 saturated heterocycles. The Bertz CT molecular complexity index is 982. The molecule has 140 valence electrons. The summed E-state index contributed by atoms with van der Waals surface area (Å²) in [4.78, 5) is 29.2. The van der Waals surface area contributed by atoms with E-state index in [0.717, 1.165) is 22.5 Å². The van der Waals surface area contributed by atoms with Crippen LogP contribution in [0.4, 0.5) is 5.69 Å². The zero-order valence-corrected chi connectivity index (χ0v) is 16.0. The Kier molecular flexibility index (Phi) is 4.81. The number of carbonyl (C=O) groups excluding carboxylic acids is 1. The number of aryl methyl sites for hydroxylation is 1. The minimum Gasteiger partial charge on any atom is -0.366 e. The van der Waals surface area contributed by atoms with Crippen molar-refractivity contribution in [2.45, 2.75) is 6.04 Å². The topological polar surface area (TPSA) is 81.4 Å². The molecule has 8 heteroatoms. The zero-order chi connectivity index (χ0) is 19.0.